The topological polar surface area (TPSA) is 12.0 Å². The third kappa shape index (κ3) is 2.53. The quantitative estimate of drug-likeness (QED) is 0.714. The van der Waals surface area contributed by atoms with E-state index in [4.69, 9.17) is 0 Å². The zero-order valence-electron chi connectivity index (χ0n) is 12.8. The van der Waals surface area contributed by atoms with Crippen LogP contribution >= 0.6 is 0 Å². The maximum Gasteiger partial charge on any atom is 0.0326 e. The summed E-state index contributed by atoms with van der Waals surface area (Å²) in [5, 5.41) is 6.47. The summed E-state index contributed by atoms with van der Waals surface area (Å²) in [6, 6.07) is 24.6. The van der Waals surface area contributed by atoms with Crippen LogP contribution in [-0.2, 0) is 13.0 Å². The van der Waals surface area contributed by atoms with Crippen LogP contribution in [0.3, 0.4) is 0 Å². The van der Waals surface area contributed by atoms with Crippen molar-refractivity contribution in [1.82, 2.24) is 5.32 Å². The average molecular weight is 287 g/mol. The predicted octanol–water partition coefficient (Wildman–Crippen LogP) is 5.01. The molecule has 1 nitrogen and oxygen atoms in total. The Bertz CT molecular complexity index is 785. The van der Waals surface area contributed by atoms with Gasteiger partial charge in [-0.05, 0) is 46.7 Å². The van der Waals surface area contributed by atoms with Gasteiger partial charge in [0.05, 0.1) is 0 Å². The zero-order chi connectivity index (χ0) is 14.8. The molecule has 1 heteroatoms. The Kier molecular flexibility index (Phi) is 3.65. The van der Waals surface area contributed by atoms with Gasteiger partial charge in [-0.3, -0.25) is 0 Å². The second-order valence-corrected chi connectivity index (χ2v) is 6.16. The van der Waals surface area contributed by atoms with E-state index in [1.807, 2.05) is 0 Å². The molecule has 0 radical (unpaired) electrons. The number of fused-ring (bicyclic) bond motifs is 2. The average Bonchev–Trinajstić information content (AvgIpc) is 2.60. The molecule has 1 atom stereocenters. The van der Waals surface area contributed by atoms with Crippen LogP contribution in [-0.4, -0.2) is 0 Å². The highest BCUT2D eigenvalue weighted by molar-refractivity contribution is 5.85. The van der Waals surface area contributed by atoms with E-state index in [1.165, 1.54) is 46.7 Å². The van der Waals surface area contributed by atoms with E-state index in [-0.39, 0.29) is 0 Å². The standard InChI is InChI=1S/C21H21N/c1-3-12-19-16(7-1)9-5-11-18(19)15-22-21-14-6-10-17-8-2-4-13-20(17)21/h1-5,7-9,11-13,21-22H,6,10,14-15H2/t21-/m1/s1. The van der Waals surface area contributed by atoms with Crippen molar-refractivity contribution < 1.29 is 0 Å². The maximum absolute atomic E-state index is 3.79. The fourth-order valence-electron chi connectivity index (χ4n) is 3.65. The van der Waals surface area contributed by atoms with E-state index < -0.39 is 0 Å². The summed E-state index contributed by atoms with van der Waals surface area (Å²) in [5.41, 5.74) is 4.40. The molecule has 22 heavy (non-hydrogen) atoms. The van der Waals surface area contributed by atoms with Gasteiger partial charge in [-0.1, -0.05) is 66.7 Å². The van der Waals surface area contributed by atoms with Gasteiger partial charge < -0.3 is 5.32 Å². The van der Waals surface area contributed by atoms with Crippen molar-refractivity contribution in [2.45, 2.75) is 31.8 Å². The van der Waals surface area contributed by atoms with E-state index in [2.05, 4.69) is 72.0 Å². The highest BCUT2D eigenvalue weighted by Gasteiger charge is 2.19. The lowest BCUT2D eigenvalue weighted by Crippen LogP contribution is -2.24. The maximum atomic E-state index is 3.79. The summed E-state index contributed by atoms with van der Waals surface area (Å²) < 4.78 is 0. The van der Waals surface area contributed by atoms with E-state index >= 15 is 0 Å². The molecule has 3 aromatic rings. The molecule has 0 bridgehead atoms. The molecule has 0 unspecified atom stereocenters. The van der Waals surface area contributed by atoms with Crippen LogP contribution in [0.1, 0.15) is 35.6 Å². The Hall–Kier alpha value is -2.12. The lowest BCUT2D eigenvalue weighted by atomic mass is 9.87. The van der Waals surface area contributed by atoms with Crippen molar-refractivity contribution in [2.75, 3.05) is 0 Å². The number of hydrogen-bond acceptors (Lipinski definition) is 1. The lowest BCUT2D eigenvalue weighted by Gasteiger charge is -2.26. The first-order valence-electron chi connectivity index (χ1n) is 8.19. The van der Waals surface area contributed by atoms with Crippen LogP contribution < -0.4 is 5.32 Å². The fraction of sp³-hybridized carbons (Fsp3) is 0.238. The second kappa shape index (κ2) is 5.94. The zero-order valence-corrected chi connectivity index (χ0v) is 12.8. The van der Waals surface area contributed by atoms with E-state index in [1.54, 1.807) is 0 Å². The first-order valence-corrected chi connectivity index (χ1v) is 8.19. The van der Waals surface area contributed by atoms with Crippen molar-refractivity contribution in [3.05, 3.63) is 83.4 Å². The van der Waals surface area contributed by atoms with Crippen LogP contribution in [0.25, 0.3) is 10.8 Å². The normalized spacial score (nSPS) is 17.4. The Morgan fingerprint density at radius 3 is 2.68 bits per heavy atom. The Labute approximate surface area is 132 Å². The van der Waals surface area contributed by atoms with Gasteiger partial charge in [-0.15, -0.1) is 0 Å². The van der Waals surface area contributed by atoms with Gasteiger partial charge >= 0.3 is 0 Å². The Morgan fingerprint density at radius 2 is 1.68 bits per heavy atom. The van der Waals surface area contributed by atoms with Crippen molar-refractivity contribution >= 4 is 10.8 Å². The minimum atomic E-state index is 0.490. The van der Waals surface area contributed by atoms with Crippen LogP contribution in [0, 0.1) is 0 Å². The molecule has 0 spiro atoms. The van der Waals surface area contributed by atoms with Crippen LogP contribution in [0.2, 0.25) is 0 Å². The summed E-state index contributed by atoms with van der Waals surface area (Å²) in [4.78, 5) is 0. The third-order valence-corrected chi connectivity index (χ3v) is 4.79. The molecule has 0 aliphatic heterocycles. The highest BCUT2D eigenvalue weighted by atomic mass is 14.9. The molecule has 0 saturated heterocycles. The van der Waals surface area contributed by atoms with Gasteiger partial charge in [0.15, 0.2) is 0 Å². The first kappa shape index (κ1) is 13.5. The molecule has 0 amide bonds. The molecular formula is C21H21N. The van der Waals surface area contributed by atoms with E-state index in [0.717, 1.165) is 6.54 Å². The summed E-state index contributed by atoms with van der Waals surface area (Å²) >= 11 is 0. The molecule has 1 aliphatic rings. The first-order chi connectivity index (χ1) is 10.9. The lowest BCUT2D eigenvalue weighted by molar-refractivity contribution is 0.460. The highest BCUT2D eigenvalue weighted by Crippen LogP contribution is 2.30. The van der Waals surface area contributed by atoms with Crippen molar-refractivity contribution in [2.24, 2.45) is 0 Å². The minimum absolute atomic E-state index is 0.490. The van der Waals surface area contributed by atoms with Gasteiger partial charge in [0.25, 0.3) is 0 Å². The monoisotopic (exact) mass is 287 g/mol. The predicted molar refractivity (Wildman–Crippen MR) is 92.9 cm³/mol. The SMILES string of the molecule is c1ccc2c(c1)CCC[C@H]2NCc1cccc2ccccc12. The number of nitrogens with one attached hydrogen (secondary N) is 1. The van der Waals surface area contributed by atoms with Gasteiger partial charge in [-0.2, -0.15) is 0 Å². The molecule has 0 aromatic heterocycles. The number of aryl methyl sites for hydroxylation is 1. The van der Waals surface area contributed by atoms with E-state index in [9.17, 15) is 0 Å². The fourth-order valence-corrected chi connectivity index (χ4v) is 3.65. The second-order valence-electron chi connectivity index (χ2n) is 6.16. The number of hydrogen-bond donors (Lipinski definition) is 1. The molecule has 0 saturated carbocycles. The van der Waals surface area contributed by atoms with Crippen LogP contribution in [0.5, 0.6) is 0 Å². The number of rotatable bonds is 3. The van der Waals surface area contributed by atoms with Gasteiger partial charge in [0.1, 0.15) is 0 Å². The molecule has 0 fully saturated rings. The van der Waals surface area contributed by atoms with Crippen molar-refractivity contribution in [3.8, 4) is 0 Å². The molecule has 110 valence electrons. The number of benzene rings is 3. The largest absolute Gasteiger partial charge is 0.306 e. The summed E-state index contributed by atoms with van der Waals surface area (Å²) in [5.74, 6) is 0. The summed E-state index contributed by atoms with van der Waals surface area (Å²) in [6.45, 7) is 0.931. The van der Waals surface area contributed by atoms with Gasteiger partial charge in [0, 0.05) is 12.6 Å². The van der Waals surface area contributed by atoms with E-state index in [0.29, 0.717) is 6.04 Å². The van der Waals surface area contributed by atoms with Gasteiger partial charge in [-0.25, -0.2) is 0 Å². The molecule has 1 aliphatic carbocycles. The Morgan fingerprint density at radius 1 is 0.864 bits per heavy atom. The van der Waals surface area contributed by atoms with Crippen molar-refractivity contribution in [3.63, 3.8) is 0 Å². The smallest absolute Gasteiger partial charge is 0.0326 e. The summed E-state index contributed by atoms with van der Waals surface area (Å²) in [7, 11) is 0. The molecule has 4 rings (SSSR count). The minimum Gasteiger partial charge on any atom is -0.306 e. The molecule has 1 N–H and O–H groups in total. The van der Waals surface area contributed by atoms with Crippen molar-refractivity contribution in [1.29, 1.82) is 0 Å². The molecular weight excluding hydrogens is 266 g/mol. The van der Waals surface area contributed by atoms with Crippen LogP contribution in [0.4, 0.5) is 0 Å². The van der Waals surface area contributed by atoms with Crippen LogP contribution in [0.15, 0.2) is 66.7 Å². The third-order valence-electron chi connectivity index (χ3n) is 4.79. The molecule has 3 aromatic carbocycles. The molecule has 0 heterocycles. The Balaban J connectivity index is 1.58. The summed E-state index contributed by atoms with van der Waals surface area (Å²) in [6.07, 6.45) is 3.74. The van der Waals surface area contributed by atoms with Gasteiger partial charge in [0.2, 0.25) is 0 Å².